The SMILES string of the molecule is CC(C)CN(CC(N)=O)C(=O)c1ccc2c(c1)CCN2.Cl. The molecule has 0 fully saturated rings. The van der Waals surface area contributed by atoms with Crippen molar-refractivity contribution in [3.8, 4) is 0 Å². The molecule has 0 radical (unpaired) electrons. The van der Waals surface area contributed by atoms with Gasteiger partial charge >= 0.3 is 0 Å². The second kappa shape index (κ2) is 7.31. The molecule has 0 unspecified atom stereocenters. The van der Waals surface area contributed by atoms with Crippen molar-refractivity contribution >= 4 is 29.9 Å². The summed E-state index contributed by atoms with van der Waals surface area (Å²) in [5.41, 5.74) is 8.09. The minimum atomic E-state index is -0.484. The summed E-state index contributed by atoms with van der Waals surface area (Å²) in [6.07, 6.45) is 0.927. The first-order valence-electron chi connectivity index (χ1n) is 6.91. The molecule has 5 nitrogen and oxygen atoms in total. The lowest BCUT2D eigenvalue weighted by atomic mass is 10.1. The Hall–Kier alpha value is -1.75. The number of carbonyl (C=O) groups excluding carboxylic acids is 2. The first-order chi connectivity index (χ1) is 9.47. The van der Waals surface area contributed by atoms with Gasteiger partial charge in [0, 0.05) is 24.3 Å². The number of anilines is 1. The zero-order valence-corrected chi connectivity index (χ0v) is 13.2. The van der Waals surface area contributed by atoms with Gasteiger partial charge in [0.15, 0.2) is 0 Å². The number of nitrogens with one attached hydrogen (secondary N) is 1. The summed E-state index contributed by atoms with van der Waals surface area (Å²) in [4.78, 5) is 25.2. The highest BCUT2D eigenvalue weighted by atomic mass is 35.5. The monoisotopic (exact) mass is 311 g/mol. The van der Waals surface area contributed by atoms with Crippen LogP contribution in [-0.4, -0.2) is 36.3 Å². The van der Waals surface area contributed by atoms with Gasteiger partial charge in [-0.1, -0.05) is 13.8 Å². The molecule has 1 aliphatic rings. The molecule has 1 aliphatic heterocycles. The molecule has 2 rings (SSSR count). The fourth-order valence-electron chi connectivity index (χ4n) is 2.47. The molecule has 0 atom stereocenters. The Morgan fingerprint density at radius 2 is 2.10 bits per heavy atom. The van der Waals surface area contributed by atoms with Crippen LogP contribution in [0.5, 0.6) is 0 Å². The maximum Gasteiger partial charge on any atom is 0.254 e. The van der Waals surface area contributed by atoms with Crippen LogP contribution in [0.1, 0.15) is 29.8 Å². The molecule has 2 amide bonds. The van der Waals surface area contributed by atoms with Gasteiger partial charge < -0.3 is 16.0 Å². The van der Waals surface area contributed by atoms with Crippen molar-refractivity contribution in [1.29, 1.82) is 0 Å². The number of hydrogen-bond acceptors (Lipinski definition) is 3. The number of carbonyl (C=O) groups is 2. The van der Waals surface area contributed by atoms with Crippen molar-refractivity contribution in [2.45, 2.75) is 20.3 Å². The van der Waals surface area contributed by atoms with E-state index in [1.165, 1.54) is 4.90 Å². The first-order valence-corrected chi connectivity index (χ1v) is 6.91. The molecule has 0 spiro atoms. The highest BCUT2D eigenvalue weighted by Gasteiger charge is 2.20. The Balaban J connectivity index is 0.00000220. The van der Waals surface area contributed by atoms with Gasteiger partial charge in [0.1, 0.15) is 0 Å². The Kier molecular flexibility index (Phi) is 6.03. The molecule has 116 valence electrons. The van der Waals surface area contributed by atoms with Crippen molar-refractivity contribution in [2.24, 2.45) is 11.7 Å². The van der Waals surface area contributed by atoms with Crippen LogP contribution in [0, 0.1) is 5.92 Å². The standard InChI is InChI=1S/C15H21N3O2.ClH/c1-10(2)8-18(9-14(16)19)15(20)12-3-4-13-11(7-12)5-6-17-13;/h3-4,7,10,17H,5-6,8-9H2,1-2H3,(H2,16,19);1H. The molecule has 0 bridgehead atoms. The van der Waals surface area contributed by atoms with E-state index >= 15 is 0 Å². The quantitative estimate of drug-likeness (QED) is 0.868. The van der Waals surface area contributed by atoms with E-state index in [2.05, 4.69) is 5.32 Å². The lowest BCUT2D eigenvalue weighted by Crippen LogP contribution is -2.40. The zero-order valence-electron chi connectivity index (χ0n) is 12.4. The van der Waals surface area contributed by atoms with Crippen LogP contribution in [0.4, 0.5) is 5.69 Å². The Labute approximate surface area is 131 Å². The van der Waals surface area contributed by atoms with Gasteiger partial charge in [-0.2, -0.15) is 0 Å². The molecule has 0 aliphatic carbocycles. The molecule has 21 heavy (non-hydrogen) atoms. The number of nitrogens with zero attached hydrogens (tertiary/aromatic N) is 1. The Bertz CT molecular complexity index is 532. The summed E-state index contributed by atoms with van der Waals surface area (Å²) in [6.45, 7) is 5.41. The van der Waals surface area contributed by atoms with Gasteiger partial charge in [0.25, 0.3) is 5.91 Å². The Morgan fingerprint density at radius 1 is 1.38 bits per heavy atom. The third-order valence-corrected chi connectivity index (χ3v) is 3.28. The minimum absolute atomic E-state index is 0. The lowest BCUT2D eigenvalue weighted by Gasteiger charge is -2.23. The maximum absolute atomic E-state index is 12.5. The van der Waals surface area contributed by atoms with Crippen LogP contribution in [0.25, 0.3) is 0 Å². The van der Waals surface area contributed by atoms with Crippen LogP contribution < -0.4 is 11.1 Å². The van der Waals surface area contributed by atoms with Gasteiger partial charge in [0.2, 0.25) is 5.91 Å². The van der Waals surface area contributed by atoms with Crippen molar-refractivity contribution in [2.75, 3.05) is 25.0 Å². The first kappa shape index (κ1) is 17.3. The molecular weight excluding hydrogens is 290 g/mol. The van der Waals surface area contributed by atoms with Crippen molar-refractivity contribution in [3.05, 3.63) is 29.3 Å². The summed E-state index contributed by atoms with van der Waals surface area (Å²) in [6, 6.07) is 5.63. The largest absolute Gasteiger partial charge is 0.384 e. The number of nitrogens with two attached hydrogens (primary N) is 1. The van der Waals surface area contributed by atoms with E-state index in [1.807, 2.05) is 26.0 Å². The van der Waals surface area contributed by atoms with E-state index in [4.69, 9.17) is 5.73 Å². The summed E-state index contributed by atoms with van der Waals surface area (Å²) in [5.74, 6) is -0.330. The molecule has 0 saturated heterocycles. The smallest absolute Gasteiger partial charge is 0.254 e. The number of halogens is 1. The number of primary amides is 1. The number of fused-ring (bicyclic) bond motifs is 1. The van der Waals surface area contributed by atoms with E-state index < -0.39 is 5.91 Å². The molecule has 1 aromatic rings. The molecule has 0 saturated carbocycles. The van der Waals surface area contributed by atoms with Crippen LogP contribution in [0.2, 0.25) is 0 Å². The van der Waals surface area contributed by atoms with E-state index in [0.29, 0.717) is 12.1 Å². The zero-order chi connectivity index (χ0) is 14.7. The number of rotatable bonds is 5. The van der Waals surface area contributed by atoms with Crippen LogP contribution in [0.15, 0.2) is 18.2 Å². The minimum Gasteiger partial charge on any atom is -0.384 e. The van der Waals surface area contributed by atoms with Gasteiger partial charge in [-0.25, -0.2) is 0 Å². The average Bonchev–Trinajstić information content (AvgIpc) is 2.83. The van der Waals surface area contributed by atoms with Crippen LogP contribution in [0.3, 0.4) is 0 Å². The maximum atomic E-state index is 12.5. The molecular formula is C15H22ClN3O2. The van der Waals surface area contributed by atoms with Gasteiger partial charge in [-0.3, -0.25) is 9.59 Å². The number of benzene rings is 1. The summed E-state index contributed by atoms with van der Waals surface area (Å²) < 4.78 is 0. The molecule has 1 aromatic carbocycles. The molecule has 6 heteroatoms. The predicted octanol–water partition coefficient (Wildman–Crippen LogP) is 1.66. The number of amides is 2. The van der Waals surface area contributed by atoms with Gasteiger partial charge in [-0.05, 0) is 36.1 Å². The topological polar surface area (TPSA) is 75.4 Å². The van der Waals surface area contributed by atoms with Gasteiger partial charge in [-0.15, -0.1) is 12.4 Å². The summed E-state index contributed by atoms with van der Waals surface area (Å²) in [7, 11) is 0. The predicted molar refractivity (Wildman–Crippen MR) is 85.8 cm³/mol. The van der Waals surface area contributed by atoms with E-state index in [9.17, 15) is 9.59 Å². The van der Waals surface area contributed by atoms with E-state index in [1.54, 1.807) is 6.07 Å². The normalized spacial score (nSPS) is 12.3. The van der Waals surface area contributed by atoms with Gasteiger partial charge in [0.05, 0.1) is 6.54 Å². The third kappa shape index (κ3) is 4.36. The van der Waals surface area contributed by atoms with Crippen LogP contribution in [-0.2, 0) is 11.2 Å². The summed E-state index contributed by atoms with van der Waals surface area (Å²) in [5, 5.41) is 3.26. The lowest BCUT2D eigenvalue weighted by molar-refractivity contribution is -0.118. The third-order valence-electron chi connectivity index (χ3n) is 3.28. The fourth-order valence-corrected chi connectivity index (χ4v) is 2.47. The van der Waals surface area contributed by atoms with Crippen molar-refractivity contribution in [1.82, 2.24) is 4.90 Å². The number of hydrogen-bond donors (Lipinski definition) is 2. The van der Waals surface area contributed by atoms with E-state index in [-0.39, 0.29) is 30.8 Å². The van der Waals surface area contributed by atoms with Crippen molar-refractivity contribution < 1.29 is 9.59 Å². The molecule has 0 aromatic heterocycles. The Morgan fingerprint density at radius 3 is 2.71 bits per heavy atom. The van der Waals surface area contributed by atoms with E-state index in [0.717, 1.165) is 24.2 Å². The van der Waals surface area contributed by atoms with Crippen molar-refractivity contribution in [3.63, 3.8) is 0 Å². The second-order valence-corrected chi connectivity index (χ2v) is 5.59. The molecule has 3 N–H and O–H groups in total. The fraction of sp³-hybridized carbons (Fsp3) is 0.467. The highest BCUT2D eigenvalue weighted by molar-refractivity contribution is 5.97. The second-order valence-electron chi connectivity index (χ2n) is 5.59. The average molecular weight is 312 g/mol. The highest BCUT2D eigenvalue weighted by Crippen LogP contribution is 2.23. The summed E-state index contributed by atoms with van der Waals surface area (Å²) >= 11 is 0. The van der Waals surface area contributed by atoms with Crippen LogP contribution >= 0.6 is 12.4 Å². The molecule has 1 heterocycles.